The predicted molar refractivity (Wildman–Crippen MR) is 98.8 cm³/mol. The highest BCUT2D eigenvalue weighted by atomic mass is 19.3. The van der Waals surface area contributed by atoms with Crippen LogP contribution in [0.1, 0.15) is 21.7 Å². The molecule has 3 aromatic rings. The van der Waals surface area contributed by atoms with Crippen molar-refractivity contribution < 1.29 is 18.3 Å². The molecular formula is C20H17F2N3O3. The molecule has 1 amide bonds. The van der Waals surface area contributed by atoms with Gasteiger partial charge in [-0.2, -0.15) is 13.9 Å². The van der Waals surface area contributed by atoms with Crippen molar-refractivity contribution >= 4 is 5.91 Å². The molecule has 0 saturated carbocycles. The Hall–Kier alpha value is -3.55. The van der Waals surface area contributed by atoms with Crippen LogP contribution >= 0.6 is 0 Å². The van der Waals surface area contributed by atoms with E-state index in [1.807, 2.05) is 30.3 Å². The minimum absolute atomic E-state index is 0.0241. The van der Waals surface area contributed by atoms with Crippen LogP contribution in [0.4, 0.5) is 8.78 Å². The van der Waals surface area contributed by atoms with Crippen molar-refractivity contribution in [2.45, 2.75) is 20.1 Å². The normalized spacial score (nSPS) is 10.7. The number of carbonyl (C=O) groups is 1. The smallest absolute Gasteiger partial charge is 0.387 e. The number of halogens is 2. The van der Waals surface area contributed by atoms with E-state index >= 15 is 0 Å². The highest BCUT2D eigenvalue weighted by molar-refractivity contribution is 5.92. The molecule has 144 valence electrons. The fraction of sp³-hybridized carbons (Fsp3) is 0.150. The summed E-state index contributed by atoms with van der Waals surface area (Å²) in [6.45, 7) is -1.06. The number of nitrogens with one attached hydrogen (secondary N) is 1. The van der Waals surface area contributed by atoms with Crippen molar-refractivity contribution in [3.8, 4) is 11.4 Å². The zero-order valence-corrected chi connectivity index (χ0v) is 14.9. The lowest BCUT2D eigenvalue weighted by molar-refractivity contribution is -0.0498. The van der Waals surface area contributed by atoms with Crippen LogP contribution in [0.25, 0.3) is 5.69 Å². The molecule has 2 aromatic carbocycles. The maximum Gasteiger partial charge on any atom is 0.387 e. The second kappa shape index (κ2) is 8.43. The van der Waals surface area contributed by atoms with Crippen molar-refractivity contribution in [3.63, 3.8) is 0 Å². The number of para-hydroxylation sites is 1. The fourth-order valence-corrected chi connectivity index (χ4v) is 2.59. The molecule has 1 heterocycles. The minimum Gasteiger partial charge on any atom is -0.435 e. The third kappa shape index (κ3) is 4.59. The van der Waals surface area contributed by atoms with E-state index in [-0.39, 0.29) is 18.0 Å². The zero-order valence-electron chi connectivity index (χ0n) is 14.9. The Morgan fingerprint density at radius 3 is 2.46 bits per heavy atom. The Morgan fingerprint density at radius 1 is 1.14 bits per heavy atom. The number of nitrogens with zero attached hydrogens (tertiary/aromatic N) is 2. The largest absolute Gasteiger partial charge is 0.435 e. The summed E-state index contributed by atoms with van der Waals surface area (Å²) in [7, 11) is 0. The van der Waals surface area contributed by atoms with Crippen molar-refractivity contribution in [1.29, 1.82) is 0 Å². The summed E-state index contributed by atoms with van der Waals surface area (Å²) in [5.74, 6) is -0.599. The second-order valence-electron chi connectivity index (χ2n) is 5.95. The molecule has 28 heavy (non-hydrogen) atoms. The minimum atomic E-state index is -2.90. The lowest BCUT2D eigenvalue weighted by atomic mass is 10.2. The highest BCUT2D eigenvalue weighted by Crippen LogP contribution is 2.15. The van der Waals surface area contributed by atoms with Gasteiger partial charge in [0.25, 0.3) is 5.91 Å². The van der Waals surface area contributed by atoms with Crippen LogP contribution < -0.4 is 15.5 Å². The number of rotatable bonds is 6. The summed E-state index contributed by atoms with van der Waals surface area (Å²) in [6, 6.07) is 16.3. The SMILES string of the molecule is Cc1cc(=O)c(C(=O)NCc2ccc(OC(F)F)cc2)nn1-c1ccccc1. The molecule has 0 fully saturated rings. The number of benzene rings is 2. The average molecular weight is 385 g/mol. The summed E-state index contributed by atoms with van der Waals surface area (Å²) >= 11 is 0. The number of hydrogen-bond acceptors (Lipinski definition) is 4. The Morgan fingerprint density at radius 2 is 1.82 bits per heavy atom. The van der Waals surface area contributed by atoms with Gasteiger partial charge in [-0.15, -0.1) is 0 Å². The Labute approximate surface area is 159 Å². The molecule has 0 bridgehead atoms. The van der Waals surface area contributed by atoms with Gasteiger partial charge in [-0.25, -0.2) is 4.68 Å². The lowest BCUT2D eigenvalue weighted by Crippen LogP contribution is -2.31. The number of aromatic nitrogens is 2. The topological polar surface area (TPSA) is 73.2 Å². The van der Waals surface area contributed by atoms with Crippen LogP contribution in [0.15, 0.2) is 65.5 Å². The predicted octanol–water partition coefficient (Wildman–Crippen LogP) is 3.07. The van der Waals surface area contributed by atoms with Crippen molar-refractivity contribution in [1.82, 2.24) is 15.1 Å². The van der Waals surface area contributed by atoms with Gasteiger partial charge in [-0.1, -0.05) is 30.3 Å². The van der Waals surface area contributed by atoms with Crippen LogP contribution in [-0.4, -0.2) is 22.3 Å². The molecule has 1 aromatic heterocycles. The number of aryl methyl sites for hydroxylation is 1. The molecule has 1 N–H and O–H groups in total. The van der Waals surface area contributed by atoms with E-state index in [4.69, 9.17) is 0 Å². The van der Waals surface area contributed by atoms with Gasteiger partial charge in [0.05, 0.1) is 5.69 Å². The van der Waals surface area contributed by atoms with Crippen LogP contribution in [0.3, 0.4) is 0 Å². The molecule has 0 spiro atoms. The quantitative estimate of drug-likeness (QED) is 0.708. The third-order valence-corrected chi connectivity index (χ3v) is 3.92. The molecular weight excluding hydrogens is 368 g/mol. The van der Waals surface area contributed by atoms with Gasteiger partial charge >= 0.3 is 6.61 Å². The molecule has 0 radical (unpaired) electrons. The van der Waals surface area contributed by atoms with E-state index in [9.17, 15) is 18.4 Å². The van der Waals surface area contributed by atoms with E-state index in [0.717, 1.165) is 5.69 Å². The first-order valence-electron chi connectivity index (χ1n) is 8.42. The molecule has 8 heteroatoms. The monoisotopic (exact) mass is 385 g/mol. The van der Waals surface area contributed by atoms with Crippen LogP contribution in [0.2, 0.25) is 0 Å². The molecule has 0 unspecified atom stereocenters. The summed E-state index contributed by atoms with van der Waals surface area (Å²) in [6.07, 6.45) is 0. The first kappa shape index (κ1) is 19.2. The summed E-state index contributed by atoms with van der Waals surface area (Å²) in [5.41, 5.74) is 1.27. The van der Waals surface area contributed by atoms with Gasteiger partial charge in [-0.3, -0.25) is 9.59 Å². The molecule has 0 atom stereocenters. The highest BCUT2D eigenvalue weighted by Gasteiger charge is 2.15. The Balaban J connectivity index is 1.75. The van der Waals surface area contributed by atoms with E-state index < -0.39 is 17.9 Å². The maximum absolute atomic E-state index is 12.4. The number of ether oxygens (including phenoxy) is 1. The van der Waals surface area contributed by atoms with Gasteiger partial charge in [0.15, 0.2) is 5.69 Å². The zero-order chi connectivity index (χ0) is 20.1. The number of alkyl halides is 2. The Bertz CT molecular complexity index is 1020. The van der Waals surface area contributed by atoms with Gasteiger partial charge in [0.1, 0.15) is 5.75 Å². The average Bonchev–Trinajstić information content (AvgIpc) is 2.67. The number of amides is 1. The van der Waals surface area contributed by atoms with Crippen LogP contribution in [0.5, 0.6) is 5.75 Å². The van der Waals surface area contributed by atoms with Crippen molar-refractivity contribution in [2.24, 2.45) is 0 Å². The fourth-order valence-electron chi connectivity index (χ4n) is 2.59. The maximum atomic E-state index is 12.4. The molecule has 0 aliphatic carbocycles. The molecule has 0 aliphatic rings. The van der Waals surface area contributed by atoms with Crippen molar-refractivity contribution in [2.75, 3.05) is 0 Å². The second-order valence-corrected chi connectivity index (χ2v) is 5.95. The summed E-state index contributed by atoms with van der Waals surface area (Å²) < 4.78 is 30.1. The van der Waals surface area contributed by atoms with Gasteiger partial charge in [0, 0.05) is 18.3 Å². The summed E-state index contributed by atoms with van der Waals surface area (Å²) in [5, 5.41) is 6.80. The van der Waals surface area contributed by atoms with Crippen LogP contribution in [-0.2, 0) is 6.54 Å². The first-order valence-corrected chi connectivity index (χ1v) is 8.42. The number of hydrogen-bond donors (Lipinski definition) is 1. The third-order valence-electron chi connectivity index (χ3n) is 3.92. The molecule has 0 aliphatic heterocycles. The summed E-state index contributed by atoms with van der Waals surface area (Å²) in [4.78, 5) is 24.6. The van der Waals surface area contributed by atoms with E-state index in [1.165, 1.54) is 22.9 Å². The van der Waals surface area contributed by atoms with Crippen LogP contribution in [0, 0.1) is 6.92 Å². The molecule has 6 nitrogen and oxygen atoms in total. The standard InChI is InChI=1S/C20H17F2N3O3/c1-13-11-17(26)18(24-25(13)15-5-3-2-4-6-15)19(27)23-12-14-7-9-16(10-8-14)28-20(21)22/h2-11,20H,12H2,1H3,(H,23,27). The van der Waals surface area contributed by atoms with E-state index in [2.05, 4.69) is 15.2 Å². The van der Waals surface area contributed by atoms with Gasteiger partial charge in [-0.05, 0) is 36.8 Å². The number of carbonyl (C=O) groups excluding carboxylic acids is 1. The van der Waals surface area contributed by atoms with Crippen molar-refractivity contribution in [3.05, 3.63) is 87.8 Å². The Kier molecular flexibility index (Phi) is 5.78. The first-order chi connectivity index (χ1) is 13.4. The lowest BCUT2D eigenvalue weighted by Gasteiger charge is -2.11. The van der Waals surface area contributed by atoms with Gasteiger partial charge in [0.2, 0.25) is 5.43 Å². The van der Waals surface area contributed by atoms with Gasteiger partial charge < -0.3 is 10.1 Å². The molecule has 3 rings (SSSR count). The molecule has 0 saturated heterocycles. The van der Waals surface area contributed by atoms with E-state index in [0.29, 0.717) is 11.3 Å². The van der Waals surface area contributed by atoms with E-state index in [1.54, 1.807) is 19.1 Å².